The predicted octanol–water partition coefficient (Wildman–Crippen LogP) is 1.99. The maximum Gasteiger partial charge on any atom is 0.242 e. The van der Waals surface area contributed by atoms with Crippen LogP contribution in [-0.4, -0.2) is 25.1 Å². The molecule has 106 valence electrons. The van der Waals surface area contributed by atoms with Crippen molar-refractivity contribution in [2.75, 3.05) is 24.2 Å². The smallest absolute Gasteiger partial charge is 0.242 e. The highest BCUT2D eigenvalue weighted by Crippen LogP contribution is 2.29. The van der Waals surface area contributed by atoms with Crippen LogP contribution in [0.4, 0.5) is 11.4 Å². The number of carbonyl (C=O) groups excluding carboxylic acids is 1. The number of carbonyl (C=O) groups is 1. The molecule has 4 N–H and O–H groups in total. The molecule has 0 aliphatic heterocycles. The van der Waals surface area contributed by atoms with E-state index in [9.17, 15) is 4.79 Å². The van der Waals surface area contributed by atoms with Crippen molar-refractivity contribution in [1.82, 2.24) is 5.32 Å². The van der Waals surface area contributed by atoms with Crippen LogP contribution in [0.15, 0.2) is 18.2 Å². The Hall–Kier alpha value is -1.91. The molecular formula is C14H23N3O2. The standard InChI is InChI=1S/C14H23N3O2/c1-4-9-19-12-8-6-7-11(13(12)15)17-10(3)14(18)16-5-2/h6-8,10,17H,4-5,9,15H2,1-3H3,(H,16,18). The zero-order valence-electron chi connectivity index (χ0n) is 11.8. The minimum absolute atomic E-state index is 0.0539. The molecule has 19 heavy (non-hydrogen) atoms. The number of hydrogen-bond acceptors (Lipinski definition) is 4. The molecule has 0 radical (unpaired) electrons. The van der Waals surface area contributed by atoms with Gasteiger partial charge in [0, 0.05) is 6.54 Å². The monoisotopic (exact) mass is 265 g/mol. The number of nitrogens with two attached hydrogens (primary N) is 1. The molecule has 1 unspecified atom stereocenters. The number of para-hydroxylation sites is 1. The van der Waals surface area contributed by atoms with E-state index in [1.165, 1.54) is 0 Å². The summed E-state index contributed by atoms with van der Waals surface area (Å²) in [5.74, 6) is 0.594. The molecule has 0 heterocycles. The Bertz CT molecular complexity index is 421. The van der Waals surface area contributed by atoms with E-state index in [0.717, 1.165) is 6.42 Å². The van der Waals surface area contributed by atoms with E-state index in [1.807, 2.05) is 32.0 Å². The number of hydrogen-bond donors (Lipinski definition) is 3. The van der Waals surface area contributed by atoms with Gasteiger partial charge in [0.2, 0.25) is 5.91 Å². The fraction of sp³-hybridized carbons (Fsp3) is 0.500. The van der Waals surface area contributed by atoms with Crippen LogP contribution in [0.3, 0.4) is 0 Å². The molecule has 0 aliphatic carbocycles. The molecule has 1 rings (SSSR count). The molecule has 0 bridgehead atoms. The average molecular weight is 265 g/mol. The van der Waals surface area contributed by atoms with Gasteiger partial charge in [-0.15, -0.1) is 0 Å². The number of nitrogen functional groups attached to an aromatic ring is 1. The summed E-state index contributed by atoms with van der Waals surface area (Å²) >= 11 is 0. The Kier molecular flexibility index (Phi) is 5.99. The number of anilines is 2. The van der Waals surface area contributed by atoms with E-state index >= 15 is 0 Å². The second-order valence-electron chi connectivity index (χ2n) is 4.33. The molecule has 0 spiro atoms. The Morgan fingerprint density at radius 3 is 2.79 bits per heavy atom. The van der Waals surface area contributed by atoms with E-state index in [-0.39, 0.29) is 11.9 Å². The van der Waals surface area contributed by atoms with Crippen LogP contribution in [0.1, 0.15) is 27.2 Å². The Balaban J connectivity index is 2.75. The third-order valence-corrected chi connectivity index (χ3v) is 2.64. The van der Waals surface area contributed by atoms with Crippen molar-refractivity contribution in [3.63, 3.8) is 0 Å². The quantitative estimate of drug-likeness (QED) is 0.659. The number of benzene rings is 1. The second-order valence-corrected chi connectivity index (χ2v) is 4.33. The Morgan fingerprint density at radius 1 is 1.42 bits per heavy atom. The van der Waals surface area contributed by atoms with Crippen LogP contribution in [0.25, 0.3) is 0 Å². The third-order valence-electron chi connectivity index (χ3n) is 2.64. The maximum atomic E-state index is 11.7. The summed E-state index contributed by atoms with van der Waals surface area (Å²) in [5, 5.41) is 5.85. The molecule has 0 aromatic heterocycles. The minimum Gasteiger partial charge on any atom is -0.491 e. The maximum absolute atomic E-state index is 11.7. The normalized spacial score (nSPS) is 11.7. The average Bonchev–Trinajstić information content (AvgIpc) is 2.40. The molecular weight excluding hydrogens is 242 g/mol. The molecule has 0 aliphatic rings. The van der Waals surface area contributed by atoms with Crippen LogP contribution in [0.2, 0.25) is 0 Å². The number of rotatable bonds is 7. The lowest BCUT2D eigenvalue weighted by molar-refractivity contribution is -0.121. The van der Waals surface area contributed by atoms with Crippen molar-refractivity contribution in [3.8, 4) is 5.75 Å². The zero-order valence-corrected chi connectivity index (χ0v) is 11.8. The largest absolute Gasteiger partial charge is 0.491 e. The lowest BCUT2D eigenvalue weighted by Gasteiger charge is -2.17. The Morgan fingerprint density at radius 2 is 2.16 bits per heavy atom. The number of likely N-dealkylation sites (N-methyl/N-ethyl adjacent to an activating group) is 1. The molecule has 0 saturated heterocycles. The van der Waals surface area contributed by atoms with Gasteiger partial charge in [-0.05, 0) is 32.4 Å². The van der Waals surface area contributed by atoms with Crippen molar-refractivity contribution >= 4 is 17.3 Å². The first-order valence-electron chi connectivity index (χ1n) is 6.65. The molecule has 1 aromatic carbocycles. The van der Waals surface area contributed by atoms with Crippen LogP contribution >= 0.6 is 0 Å². The number of amides is 1. The second kappa shape index (κ2) is 7.51. The molecule has 0 saturated carbocycles. The molecule has 1 amide bonds. The van der Waals surface area contributed by atoms with Gasteiger partial charge in [0.05, 0.1) is 18.0 Å². The third kappa shape index (κ3) is 4.35. The van der Waals surface area contributed by atoms with Gasteiger partial charge in [0.25, 0.3) is 0 Å². The van der Waals surface area contributed by atoms with Crippen LogP contribution < -0.4 is 21.1 Å². The van der Waals surface area contributed by atoms with Crippen molar-refractivity contribution in [2.45, 2.75) is 33.2 Å². The van der Waals surface area contributed by atoms with E-state index in [2.05, 4.69) is 10.6 Å². The summed E-state index contributed by atoms with van der Waals surface area (Å²) < 4.78 is 5.55. The van der Waals surface area contributed by atoms with Crippen LogP contribution in [0.5, 0.6) is 5.75 Å². The van der Waals surface area contributed by atoms with Gasteiger partial charge in [-0.1, -0.05) is 13.0 Å². The molecule has 0 fully saturated rings. The van der Waals surface area contributed by atoms with E-state index in [0.29, 0.717) is 30.3 Å². The SMILES string of the molecule is CCCOc1cccc(NC(C)C(=O)NCC)c1N. The van der Waals surface area contributed by atoms with E-state index < -0.39 is 0 Å². The molecule has 5 nitrogen and oxygen atoms in total. The summed E-state index contributed by atoms with van der Waals surface area (Å²) in [6, 6.07) is 5.17. The summed E-state index contributed by atoms with van der Waals surface area (Å²) in [4.78, 5) is 11.7. The lowest BCUT2D eigenvalue weighted by atomic mass is 10.2. The van der Waals surface area contributed by atoms with E-state index in [1.54, 1.807) is 6.92 Å². The summed E-state index contributed by atoms with van der Waals surface area (Å²) in [7, 11) is 0. The van der Waals surface area contributed by atoms with Crippen LogP contribution in [0, 0.1) is 0 Å². The van der Waals surface area contributed by atoms with Crippen molar-refractivity contribution in [3.05, 3.63) is 18.2 Å². The van der Waals surface area contributed by atoms with Crippen molar-refractivity contribution in [1.29, 1.82) is 0 Å². The fourth-order valence-corrected chi connectivity index (χ4v) is 1.63. The number of ether oxygens (including phenoxy) is 1. The van der Waals surface area contributed by atoms with Gasteiger partial charge in [-0.25, -0.2) is 0 Å². The Labute approximate surface area is 114 Å². The van der Waals surface area contributed by atoms with Gasteiger partial charge in [0.15, 0.2) is 0 Å². The first kappa shape index (κ1) is 15.1. The van der Waals surface area contributed by atoms with Gasteiger partial charge >= 0.3 is 0 Å². The van der Waals surface area contributed by atoms with Gasteiger partial charge < -0.3 is 21.1 Å². The summed E-state index contributed by atoms with van der Waals surface area (Å²) in [5.41, 5.74) is 7.28. The molecule has 1 aromatic rings. The van der Waals surface area contributed by atoms with Crippen molar-refractivity contribution < 1.29 is 9.53 Å². The van der Waals surface area contributed by atoms with Crippen LogP contribution in [-0.2, 0) is 4.79 Å². The molecule has 1 atom stereocenters. The highest BCUT2D eigenvalue weighted by Gasteiger charge is 2.14. The van der Waals surface area contributed by atoms with Gasteiger partial charge in [0.1, 0.15) is 11.8 Å². The predicted molar refractivity (Wildman–Crippen MR) is 78.4 cm³/mol. The highest BCUT2D eigenvalue weighted by molar-refractivity contribution is 5.86. The topological polar surface area (TPSA) is 76.4 Å². The first-order valence-corrected chi connectivity index (χ1v) is 6.65. The lowest BCUT2D eigenvalue weighted by Crippen LogP contribution is -2.37. The number of nitrogens with one attached hydrogen (secondary N) is 2. The zero-order chi connectivity index (χ0) is 14.3. The molecule has 5 heteroatoms. The van der Waals surface area contributed by atoms with Gasteiger partial charge in [-0.2, -0.15) is 0 Å². The first-order chi connectivity index (χ1) is 9.10. The summed E-state index contributed by atoms with van der Waals surface area (Å²) in [6.07, 6.45) is 0.923. The van der Waals surface area contributed by atoms with E-state index in [4.69, 9.17) is 10.5 Å². The summed E-state index contributed by atoms with van der Waals surface area (Å²) in [6.45, 7) is 6.96. The van der Waals surface area contributed by atoms with Crippen molar-refractivity contribution in [2.24, 2.45) is 0 Å². The minimum atomic E-state index is -0.344. The highest BCUT2D eigenvalue weighted by atomic mass is 16.5. The van der Waals surface area contributed by atoms with Gasteiger partial charge in [-0.3, -0.25) is 4.79 Å². The fourth-order valence-electron chi connectivity index (χ4n) is 1.63.